The van der Waals surface area contributed by atoms with Crippen LogP contribution in [0.5, 0.6) is 5.75 Å². The summed E-state index contributed by atoms with van der Waals surface area (Å²) in [6.07, 6.45) is 1.69. The van der Waals surface area contributed by atoms with Crippen LogP contribution < -0.4 is 15.5 Å². The second-order valence-electron chi connectivity index (χ2n) is 4.47. The van der Waals surface area contributed by atoms with Gasteiger partial charge >= 0.3 is 0 Å². The molecule has 108 valence electrons. The fraction of sp³-hybridized carbons (Fsp3) is 0.125. The van der Waals surface area contributed by atoms with Gasteiger partial charge in [0.25, 0.3) is 0 Å². The lowest BCUT2D eigenvalue weighted by atomic mass is 10.2. The van der Waals surface area contributed by atoms with Gasteiger partial charge in [0.05, 0.1) is 13.3 Å². The zero-order chi connectivity index (χ0) is 15.1. The van der Waals surface area contributed by atoms with Crippen LogP contribution in [0, 0.1) is 6.92 Å². The number of rotatable bonds is 4. The van der Waals surface area contributed by atoms with Crippen molar-refractivity contribution in [3.05, 3.63) is 59.7 Å². The van der Waals surface area contributed by atoms with E-state index in [4.69, 9.17) is 17.0 Å². The number of nitrogens with one attached hydrogen (secondary N) is 2. The first-order valence-corrected chi connectivity index (χ1v) is 6.89. The number of methoxy groups -OCH3 is 1. The fourth-order valence-corrected chi connectivity index (χ4v) is 1.94. The number of ether oxygens (including phenoxy) is 1. The van der Waals surface area contributed by atoms with Crippen LogP contribution in [-0.2, 0) is 0 Å². The predicted molar refractivity (Wildman–Crippen MR) is 91.1 cm³/mol. The Kier molecular flexibility index (Phi) is 5.29. The summed E-state index contributed by atoms with van der Waals surface area (Å²) in [5, 5.41) is 7.62. The Bertz CT molecular complexity index is 655. The molecular formula is C16H17N3OS. The smallest absolute Gasteiger partial charge is 0.191 e. The van der Waals surface area contributed by atoms with Gasteiger partial charge in [-0.25, -0.2) is 0 Å². The van der Waals surface area contributed by atoms with Crippen LogP contribution >= 0.6 is 12.2 Å². The molecule has 0 bridgehead atoms. The SMILES string of the molecule is COc1cccc(/C=N\NC(=S)Nc2cccc(C)c2)c1. The third-order valence-corrected chi connectivity index (χ3v) is 2.94. The topological polar surface area (TPSA) is 45.6 Å². The second kappa shape index (κ2) is 7.40. The van der Waals surface area contributed by atoms with Crippen LogP contribution in [0.2, 0.25) is 0 Å². The highest BCUT2D eigenvalue weighted by Crippen LogP contribution is 2.11. The number of thiocarbonyl (C=S) groups is 1. The minimum atomic E-state index is 0.444. The summed E-state index contributed by atoms with van der Waals surface area (Å²) in [6.45, 7) is 2.03. The number of nitrogens with zero attached hydrogens (tertiary/aromatic N) is 1. The zero-order valence-corrected chi connectivity index (χ0v) is 12.8. The first-order chi connectivity index (χ1) is 10.2. The van der Waals surface area contributed by atoms with E-state index < -0.39 is 0 Å². The van der Waals surface area contributed by atoms with E-state index in [1.807, 2.05) is 55.5 Å². The summed E-state index contributed by atoms with van der Waals surface area (Å²) in [4.78, 5) is 0. The van der Waals surface area contributed by atoms with Gasteiger partial charge in [0.1, 0.15) is 5.75 Å². The fourth-order valence-electron chi connectivity index (χ4n) is 1.77. The molecule has 0 atom stereocenters. The van der Waals surface area contributed by atoms with E-state index in [-0.39, 0.29) is 0 Å². The molecule has 0 aliphatic carbocycles. The highest BCUT2D eigenvalue weighted by atomic mass is 32.1. The number of hydrogen-bond acceptors (Lipinski definition) is 3. The lowest BCUT2D eigenvalue weighted by Gasteiger charge is -2.07. The molecule has 0 aromatic heterocycles. The summed E-state index contributed by atoms with van der Waals surface area (Å²) in [5.74, 6) is 0.791. The lowest BCUT2D eigenvalue weighted by Crippen LogP contribution is -2.23. The van der Waals surface area contributed by atoms with Crippen LogP contribution in [0.3, 0.4) is 0 Å². The van der Waals surface area contributed by atoms with Crippen molar-refractivity contribution in [2.75, 3.05) is 12.4 Å². The first-order valence-electron chi connectivity index (χ1n) is 6.48. The van der Waals surface area contributed by atoms with E-state index in [0.29, 0.717) is 5.11 Å². The molecule has 2 rings (SSSR count). The average Bonchev–Trinajstić information content (AvgIpc) is 2.47. The van der Waals surface area contributed by atoms with Gasteiger partial charge in [-0.1, -0.05) is 24.3 Å². The summed E-state index contributed by atoms with van der Waals surface area (Å²) in [5.41, 5.74) is 5.82. The normalized spacial score (nSPS) is 10.4. The van der Waals surface area contributed by atoms with Crippen LogP contribution in [0.25, 0.3) is 0 Å². The molecule has 0 saturated heterocycles. The highest BCUT2D eigenvalue weighted by Gasteiger charge is 1.96. The summed E-state index contributed by atoms with van der Waals surface area (Å²) >= 11 is 5.18. The van der Waals surface area contributed by atoms with E-state index in [0.717, 1.165) is 17.0 Å². The number of hydrazone groups is 1. The largest absolute Gasteiger partial charge is 0.497 e. The Morgan fingerprint density at radius 3 is 2.76 bits per heavy atom. The van der Waals surface area contributed by atoms with Crippen molar-refractivity contribution < 1.29 is 4.74 Å². The number of benzene rings is 2. The minimum Gasteiger partial charge on any atom is -0.497 e. The maximum absolute atomic E-state index is 5.18. The van der Waals surface area contributed by atoms with Crippen molar-refractivity contribution in [2.24, 2.45) is 5.10 Å². The minimum absolute atomic E-state index is 0.444. The molecule has 0 amide bonds. The van der Waals surface area contributed by atoms with E-state index in [9.17, 15) is 0 Å². The number of hydrogen-bond donors (Lipinski definition) is 2. The highest BCUT2D eigenvalue weighted by molar-refractivity contribution is 7.80. The molecule has 5 heteroatoms. The van der Waals surface area contributed by atoms with Gasteiger partial charge in [-0.05, 0) is 54.5 Å². The van der Waals surface area contributed by atoms with E-state index >= 15 is 0 Å². The Morgan fingerprint density at radius 2 is 2.00 bits per heavy atom. The van der Waals surface area contributed by atoms with Crippen molar-refractivity contribution in [3.63, 3.8) is 0 Å². The van der Waals surface area contributed by atoms with E-state index in [1.165, 1.54) is 5.56 Å². The van der Waals surface area contributed by atoms with Gasteiger partial charge in [0.2, 0.25) is 0 Å². The van der Waals surface area contributed by atoms with Gasteiger partial charge in [-0.3, -0.25) is 5.43 Å². The molecule has 0 unspecified atom stereocenters. The Balaban J connectivity index is 1.90. The molecule has 4 nitrogen and oxygen atoms in total. The molecule has 0 spiro atoms. The monoisotopic (exact) mass is 299 g/mol. The van der Waals surface area contributed by atoms with Crippen molar-refractivity contribution in [1.29, 1.82) is 0 Å². The molecule has 0 aliphatic rings. The molecule has 2 aromatic carbocycles. The Labute approximate surface area is 129 Å². The zero-order valence-electron chi connectivity index (χ0n) is 12.0. The molecule has 0 fully saturated rings. The first kappa shape index (κ1) is 15.0. The lowest BCUT2D eigenvalue weighted by molar-refractivity contribution is 0.415. The van der Waals surface area contributed by atoms with Gasteiger partial charge in [0, 0.05) is 5.69 Å². The van der Waals surface area contributed by atoms with Gasteiger partial charge in [-0.15, -0.1) is 0 Å². The molecule has 21 heavy (non-hydrogen) atoms. The summed E-state index contributed by atoms with van der Waals surface area (Å²) < 4.78 is 5.15. The number of aryl methyl sites for hydroxylation is 1. The molecule has 2 aromatic rings. The van der Waals surface area contributed by atoms with Gasteiger partial charge in [0.15, 0.2) is 5.11 Å². The molecule has 0 saturated carbocycles. The van der Waals surface area contributed by atoms with Crippen molar-refractivity contribution in [2.45, 2.75) is 6.92 Å². The molecular weight excluding hydrogens is 282 g/mol. The maximum Gasteiger partial charge on any atom is 0.191 e. The third-order valence-electron chi connectivity index (χ3n) is 2.75. The molecule has 0 radical (unpaired) electrons. The Morgan fingerprint density at radius 1 is 1.19 bits per heavy atom. The van der Waals surface area contributed by atoms with Crippen LogP contribution in [0.1, 0.15) is 11.1 Å². The average molecular weight is 299 g/mol. The Hall–Kier alpha value is -2.40. The van der Waals surface area contributed by atoms with Crippen LogP contribution in [0.15, 0.2) is 53.6 Å². The van der Waals surface area contributed by atoms with Crippen LogP contribution in [-0.4, -0.2) is 18.4 Å². The van der Waals surface area contributed by atoms with Crippen LogP contribution in [0.4, 0.5) is 5.69 Å². The van der Waals surface area contributed by atoms with Crippen molar-refractivity contribution >= 4 is 29.2 Å². The van der Waals surface area contributed by atoms with E-state index in [2.05, 4.69) is 15.8 Å². The predicted octanol–water partition coefficient (Wildman–Crippen LogP) is 3.32. The quantitative estimate of drug-likeness (QED) is 0.516. The standard InChI is InChI=1S/C16H17N3OS/c1-12-5-3-7-14(9-12)18-16(21)19-17-11-13-6-4-8-15(10-13)20-2/h3-11H,1-2H3,(H2,18,19,21)/b17-11-. The summed E-state index contributed by atoms with van der Waals surface area (Å²) in [7, 11) is 1.63. The van der Waals surface area contributed by atoms with E-state index in [1.54, 1.807) is 13.3 Å². The second-order valence-corrected chi connectivity index (χ2v) is 4.88. The third kappa shape index (κ3) is 4.89. The molecule has 0 aliphatic heterocycles. The van der Waals surface area contributed by atoms with Crippen molar-refractivity contribution in [1.82, 2.24) is 5.43 Å². The molecule has 0 heterocycles. The summed E-state index contributed by atoms with van der Waals surface area (Å²) in [6, 6.07) is 15.6. The maximum atomic E-state index is 5.18. The molecule has 2 N–H and O–H groups in total. The van der Waals surface area contributed by atoms with Gasteiger partial charge in [-0.2, -0.15) is 5.10 Å². The number of anilines is 1. The van der Waals surface area contributed by atoms with Crippen molar-refractivity contribution in [3.8, 4) is 5.75 Å². The van der Waals surface area contributed by atoms with Gasteiger partial charge < -0.3 is 10.1 Å².